The third kappa shape index (κ3) is 5.92. The summed E-state index contributed by atoms with van der Waals surface area (Å²) >= 11 is 0. The summed E-state index contributed by atoms with van der Waals surface area (Å²) in [7, 11) is 3.12. The van der Waals surface area contributed by atoms with E-state index in [1.165, 1.54) is 29.8 Å². The van der Waals surface area contributed by atoms with Gasteiger partial charge in [0.1, 0.15) is 11.6 Å². The van der Waals surface area contributed by atoms with Crippen LogP contribution in [0.25, 0.3) is 0 Å². The Bertz CT molecular complexity index is 935. The molecule has 158 valence electrons. The van der Waals surface area contributed by atoms with Gasteiger partial charge in [0.2, 0.25) is 0 Å². The van der Waals surface area contributed by atoms with Gasteiger partial charge in [-0.1, -0.05) is 0 Å². The number of nitrogens with zero attached hydrogens (tertiary/aromatic N) is 4. The van der Waals surface area contributed by atoms with Crippen LogP contribution in [-0.4, -0.2) is 46.8 Å². The Labute approximate surface area is 168 Å². The molecule has 0 saturated carbocycles. The van der Waals surface area contributed by atoms with Crippen molar-refractivity contribution in [3.63, 3.8) is 0 Å². The molecule has 1 heterocycles. The minimum atomic E-state index is -0.446. The van der Waals surface area contributed by atoms with Gasteiger partial charge in [0, 0.05) is 51.9 Å². The molecule has 0 spiro atoms. The molecule has 2 aromatic rings. The number of hydrogen-bond donors (Lipinski definition) is 1. The molecule has 1 aromatic heterocycles. The van der Waals surface area contributed by atoms with Crippen molar-refractivity contribution in [2.75, 3.05) is 37.7 Å². The minimum absolute atomic E-state index is 0.0354. The molecule has 10 heteroatoms. The minimum Gasteiger partial charge on any atom is -0.494 e. The summed E-state index contributed by atoms with van der Waals surface area (Å²) in [5.74, 6) is 1.20. The Hall–Kier alpha value is -3.14. The van der Waals surface area contributed by atoms with Gasteiger partial charge < -0.3 is 15.0 Å². The molecule has 1 aromatic carbocycles. The third-order valence-corrected chi connectivity index (χ3v) is 4.58. The van der Waals surface area contributed by atoms with Gasteiger partial charge in [-0.05, 0) is 32.0 Å². The number of nitro groups is 1. The Kier molecular flexibility index (Phi) is 7.96. The number of aromatic nitrogens is 2. The van der Waals surface area contributed by atoms with Gasteiger partial charge in [-0.15, -0.1) is 0 Å². The molecule has 0 radical (unpaired) electrons. The molecule has 0 fully saturated rings. The SMILES string of the molecule is CCN(CCNCCCOc1ccc([N+](=O)[O-])cc1)c1cc(=O)n(C)c(=O)n1C. The number of hydrogen-bond acceptors (Lipinski definition) is 7. The molecule has 1 N–H and O–H groups in total. The van der Waals surface area contributed by atoms with E-state index in [1.54, 1.807) is 19.2 Å². The zero-order chi connectivity index (χ0) is 21.4. The van der Waals surface area contributed by atoms with E-state index < -0.39 is 4.92 Å². The molecule has 0 amide bonds. The predicted molar refractivity (Wildman–Crippen MR) is 111 cm³/mol. The first kappa shape index (κ1) is 22.2. The number of rotatable bonds is 11. The number of likely N-dealkylation sites (N-methyl/N-ethyl adjacent to an activating group) is 1. The first-order valence-electron chi connectivity index (χ1n) is 9.45. The van der Waals surface area contributed by atoms with Crippen LogP contribution in [0.4, 0.5) is 11.5 Å². The Morgan fingerprint density at radius 2 is 1.83 bits per heavy atom. The fraction of sp³-hybridized carbons (Fsp3) is 0.474. The van der Waals surface area contributed by atoms with Crippen molar-refractivity contribution in [1.29, 1.82) is 0 Å². The normalized spacial score (nSPS) is 10.7. The molecule has 0 aliphatic rings. The molecule has 10 nitrogen and oxygen atoms in total. The van der Waals surface area contributed by atoms with Crippen LogP contribution in [0.15, 0.2) is 39.9 Å². The fourth-order valence-electron chi connectivity index (χ4n) is 2.85. The van der Waals surface area contributed by atoms with Crippen LogP contribution in [-0.2, 0) is 14.1 Å². The van der Waals surface area contributed by atoms with Crippen molar-refractivity contribution in [1.82, 2.24) is 14.5 Å². The second-order valence-electron chi connectivity index (χ2n) is 6.52. The molecule has 0 saturated heterocycles. The van der Waals surface area contributed by atoms with E-state index in [9.17, 15) is 19.7 Å². The van der Waals surface area contributed by atoms with Crippen molar-refractivity contribution in [2.24, 2.45) is 14.1 Å². The maximum Gasteiger partial charge on any atom is 0.332 e. The second-order valence-corrected chi connectivity index (χ2v) is 6.52. The average Bonchev–Trinajstić information content (AvgIpc) is 2.72. The highest BCUT2D eigenvalue weighted by Crippen LogP contribution is 2.17. The Balaban J connectivity index is 1.73. The quantitative estimate of drug-likeness (QED) is 0.335. The van der Waals surface area contributed by atoms with Gasteiger partial charge >= 0.3 is 5.69 Å². The third-order valence-electron chi connectivity index (χ3n) is 4.58. The lowest BCUT2D eigenvalue weighted by Gasteiger charge is -2.25. The highest BCUT2D eigenvalue weighted by molar-refractivity contribution is 5.38. The lowest BCUT2D eigenvalue weighted by Crippen LogP contribution is -2.42. The molecule has 0 aliphatic heterocycles. The van der Waals surface area contributed by atoms with Crippen LogP contribution in [0.1, 0.15) is 13.3 Å². The molecule has 0 atom stereocenters. The standard InChI is InChI=1S/C19H27N5O5/c1-4-23(17-14-18(25)22(3)19(26)21(17)2)12-11-20-10-5-13-29-16-8-6-15(7-9-16)24(27)28/h6-9,14,20H,4-5,10-13H2,1-3H3. The number of benzene rings is 1. The number of ether oxygens (including phenoxy) is 1. The highest BCUT2D eigenvalue weighted by Gasteiger charge is 2.11. The van der Waals surface area contributed by atoms with Gasteiger partial charge in [0.25, 0.3) is 11.2 Å². The van der Waals surface area contributed by atoms with Crippen molar-refractivity contribution in [3.8, 4) is 5.75 Å². The van der Waals surface area contributed by atoms with Crippen molar-refractivity contribution in [2.45, 2.75) is 13.3 Å². The van der Waals surface area contributed by atoms with Gasteiger partial charge in [0.05, 0.1) is 11.5 Å². The number of non-ortho nitro benzene ring substituents is 1. The van der Waals surface area contributed by atoms with E-state index in [4.69, 9.17) is 4.74 Å². The smallest absolute Gasteiger partial charge is 0.332 e. The fourth-order valence-corrected chi connectivity index (χ4v) is 2.85. The summed E-state index contributed by atoms with van der Waals surface area (Å²) in [5, 5.41) is 13.9. The zero-order valence-electron chi connectivity index (χ0n) is 17.0. The van der Waals surface area contributed by atoms with Gasteiger partial charge in [0.15, 0.2) is 0 Å². The molecule has 2 rings (SSSR count). The van der Waals surface area contributed by atoms with Crippen LogP contribution in [0.5, 0.6) is 5.75 Å². The largest absolute Gasteiger partial charge is 0.494 e. The summed E-state index contributed by atoms with van der Waals surface area (Å²) in [5.41, 5.74) is -0.631. The van der Waals surface area contributed by atoms with Crippen molar-refractivity contribution >= 4 is 11.5 Å². The molecular formula is C19H27N5O5. The van der Waals surface area contributed by atoms with Gasteiger partial charge in [-0.2, -0.15) is 0 Å². The average molecular weight is 405 g/mol. The van der Waals surface area contributed by atoms with Crippen LogP contribution >= 0.6 is 0 Å². The Morgan fingerprint density at radius 1 is 1.14 bits per heavy atom. The topological polar surface area (TPSA) is 112 Å². The summed E-state index contributed by atoms with van der Waals surface area (Å²) in [6, 6.07) is 7.47. The van der Waals surface area contributed by atoms with Gasteiger partial charge in [-0.3, -0.25) is 24.0 Å². The maximum absolute atomic E-state index is 12.1. The van der Waals surface area contributed by atoms with Gasteiger partial charge in [-0.25, -0.2) is 4.79 Å². The first-order chi connectivity index (χ1) is 13.8. The summed E-state index contributed by atoms with van der Waals surface area (Å²) in [6.07, 6.45) is 0.771. The molecule has 0 bridgehead atoms. The van der Waals surface area contributed by atoms with E-state index in [-0.39, 0.29) is 16.9 Å². The molecule has 0 aliphatic carbocycles. The van der Waals surface area contributed by atoms with Crippen molar-refractivity contribution in [3.05, 3.63) is 61.3 Å². The summed E-state index contributed by atoms with van der Waals surface area (Å²) in [6.45, 7) is 5.21. The summed E-state index contributed by atoms with van der Waals surface area (Å²) < 4.78 is 8.12. The lowest BCUT2D eigenvalue weighted by atomic mass is 10.3. The predicted octanol–water partition coefficient (Wildman–Crippen LogP) is 0.877. The van der Waals surface area contributed by atoms with Crippen molar-refractivity contribution < 1.29 is 9.66 Å². The van der Waals surface area contributed by atoms with E-state index in [2.05, 4.69) is 5.32 Å². The van der Waals surface area contributed by atoms with E-state index >= 15 is 0 Å². The van der Waals surface area contributed by atoms with Crippen LogP contribution < -0.4 is 26.2 Å². The first-order valence-corrected chi connectivity index (χ1v) is 9.45. The molecular weight excluding hydrogens is 378 g/mol. The summed E-state index contributed by atoms with van der Waals surface area (Å²) in [4.78, 5) is 36.1. The zero-order valence-corrected chi connectivity index (χ0v) is 17.0. The molecule has 29 heavy (non-hydrogen) atoms. The number of nitro benzene ring substituents is 1. The maximum atomic E-state index is 12.1. The highest BCUT2D eigenvalue weighted by atomic mass is 16.6. The number of nitrogens with one attached hydrogen (secondary N) is 1. The monoisotopic (exact) mass is 405 g/mol. The molecule has 0 unspecified atom stereocenters. The van der Waals surface area contributed by atoms with Crippen LogP contribution in [0.3, 0.4) is 0 Å². The van der Waals surface area contributed by atoms with E-state index in [0.29, 0.717) is 37.8 Å². The van der Waals surface area contributed by atoms with Crippen LogP contribution in [0.2, 0.25) is 0 Å². The van der Waals surface area contributed by atoms with E-state index in [1.807, 2.05) is 11.8 Å². The number of anilines is 1. The van der Waals surface area contributed by atoms with E-state index in [0.717, 1.165) is 17.5 Å². The second kappa shape index (κ2) is 10.4. The Morgan fingerprint density at radius 3 is 2.45 bits per heavy atom. The van der Waals surface area contributed by atoms with Crippen LogP contribution in [0, 0.1) is 10.1 Å². The lowest BCUT2D eigenvalue weighted by molar-refractivity contribution is -0.384.